The summed E-state index contributed by atoms with van der Waals surface area (Å²) >= 11 is 0. The molecule has 2 nitrogen and oxygen atoms in total. The highest BCUT2D eigenvalue weighted by Gasteiger charge is 2.25. The van der Waals surface area contributed by atoms with E-state index in [1.165, 1.54) is 5.56 Å². The summed E-state index contributed by atoms with van der Waals surface area (Å²) in [5.74, 6) is 0.500. The van der Waals surface area contributed by atoms with Crippen molar-refractivity contribution >= 4 is 0 Å². The van der Waals surface area contributed by atoms with E-state index in [1.54, 1.807) is 0 Å². The van der Waals surface area contributed by atoms with Gasteiger partial charge in [-0.05, 0) is 24.8 Å². The first-order valence-electron chi connectivity index (χ1n) is 7.41. The highest BCUT2D eigenvalue weighted by atomic mass is 16.5. The maximum Gasteiger partial charge on any atom is 0.0865 e. The van der Waals surface area contributed by atoms with Crippen LogP contribution in [0.25, 0.3) is 0 Å². The van der Waals surface area contributed by atoms with Crippen molar-refractivity contribution in [3.05, 3.63) is 48.0 Å². The summed E-state index contributed by atoms with van der Waals surface area (Å²) in [4.78, 5) is 0. The van der Waals surface area contributed by atoms with Gasteiger partial charge in [-0.1, -0.05) is 56.7 Å². The lowest BCUT2D eigenvalue weighted by atomic mass is 9.94. The number of rotatable bonds is 8. The average Bonchev–Trinajstić information content (AvgIpc) is 2.42. The quantitative estimate of drug-likeness (QED) is 0.715. The zero-order valence-electron chi connectivity index (χ0n) is 13.2. The van der Waals surface area contributed by atoms with Crippen molar-refractivity contribution in [2.45, 2.75) is 46.3 Å². The maximum atomic E-state index is 9.42. The van der Waals surface area contributed by atoms with Gasteiger partial charge in [0.2, 0.25) is 0 Å². The first-order valence-corrected chi connectivity index (χ1v) is 7.41. The predicted octanol–water partition coefficient (Wildman–Crippen LogP) is 4.36. The molecule has 20 heavy (non-hydrogen) atoms. The fourth-order valence-corrected chi connectivity index (χ4v) is 2.47. The molecule has 1 aromatic carbocycles. The van der Waals surface area contributed by atoms with Gasteiger partial charge in [-0.25, -0.2) is 0 Å². The summed E-state index contributed by atoms with van der Waals surface area (Å²) in [7, 11) is 0. The van der Waals surface area contributed by atoms with Crippen LogP contribution in [-0.2, 0) is 4.74 Å². The van der Waals surface area contributed by atoms with E-state index in [0.29, 0.717) is 5.92 Å². The third kappa shape index (κ3) is 5.10. The molecule has 0 bridgehead atoms. The molecule has 0 heterocycles. The van der Waals surface area contributed by atoms with E-state index in [1.807, 2.05) is 32.0 Å². The molecular formula is C18H28O2. The summed E-state index contributed by atoms with van der Waals surface area (Å²) in [5, 5.41) is 9.42. The van der Waals surface area contributed by atoms with Gasteiger partial charge in [-0.15, -0.1) is 6.58 Å². The Balaban J connectivity index is 2.91. The highest BCUT2D eigenvalue weighted by Crippen LogP contribution is 2.30. The monoisotopic (exact) mass is 276 g/mol. The van der Waals surface area contributed by atoms with Crippen LogP contribution in [0.3, 0.4) is 0 Å². The summed E-state index contributed by atoms with van der Waals surface area (Å²) in [6.07, 6.45) is 0.866. The fraction of sp³-hybridized carbons (Fsp3) is 0.556. The first kappa shape index (κ1) is 16.9. The normalized spacial score (nSPS) is 15.9. The van der Waals surface area contributed by atoms with Gasteiger partial charge in [0.25, 0.3) is 0 Å². The molecule has 0 saturated carbocycles. The van der Waals surface area contributed by atoms with Gasteiger partial charge >= 0.3 is 0 Å². The van der Waals surface area contributed by atoms with Crippen LogP contribution in [0.2, 0.25) is 0 Å². The Labute approximate surface area is 123 Å². The first-order chi connectivity index (χ1) is 9.45. The molecule has 1 rings (SSSR count). The van der Waals surface area contributed by atoms with Gasteiger partial charge in [0.15, 0.2) is 0 Å². The second kappa shape index (κ2) is 8.23. The Kier molecular flexibility index (Phi) is 6.97. The van der Waals surface area contributed by atoms with Crippen LogP contribution in [-0.4, -0.2) is 17.8 Å². The molecule has 0 fully saturated rings. The van der Waals surface area contributed by atoms with Crippen LogP contribution in [0.15, 0.2) is 42.5 Å². The summed E-state index contributed by atoms with van der Waals surface area (Å²) in [5.41, 5.74) is 2.28. The molecule has 1 aromatic rings. The zero-order chi connectivity index (χ0) is 15.1. The number of ether oxygens (including phenoxy) is 1. The number of aliphatic hydroxyl groups is 1. The summed E-state index contributed by atoms with van der Waals surface area (Å²) < 4.78 is 6.34. The van der Waals surface area contributed by atoms with Crippen molar-refractivity contribution in [3.8, 4) is 0 Å². The van der Waals surface area contributed by atoms with Crippen LogP contribution in [0, 0.1) is 11.8 Å². The van der Waals surface area contributed by atoms with E-state index in [9.17, 15) is 5.11 Å². The number of hydrogen-bond donors (Lipinski definition) is 1. The minimum absolute atomic E-state index is 0.00935. The molecule has 0 aliphatic heterocycles. The van der Waals surface area contributed by atoms with Crippen LogP contribution in [0.1, 0.15) is 45.8 Å². The second-order valence-electron chi connectivity index (χ2n) is 6.07. The van der Waals surface area contributed by atoms with Crippen LogP contribution >= 0.6 is 0 Å². The molecular weight excluding hydrogens is 248 g/mol. The topological polar surface area (TPSA) is 29.5 Å². The van der Waals surface area contributed by atoms with Gasteiger partial charge in [0, 0.05) is 12.5 Å². The average molecular weight is 276 g/mol. The summed E-state index contributed by atoms with van der Waals surface area (Å²) in [6, 6.07) is 10.3. The molecule has 0 amide bonds. The number of hydrogen-bond acceptors (Lipinski definition) is 2. The van der Waals surface area contributed by atoms with Gasteiger partial charge in [0.05, 0.1) is 12.2 Å². The Morgan fingerprint density at radius 2 is 1.80 bits per heavy atom. The SMILES string of the molecule is C=C(C)C[C@H](O[C@H](C(C)C)[C@H](C)CO)c1ccccc1. The smallest absolute Gasteiger partial charge is 0.0865 e. The minimum Gasteiger partial charge on any atom is -0.396 e. The lowest BCUT2D eigenvalue weighted by Crippen LogP contribution is -2.31. The van der Waals surface area contributed by atoms with E-state index in [4.69, 9.17) is 4.74 Å². The number of benzene rings is 1. The predicted molar refractivity (Wildman–Crippen MR) is 84.6 cm³/mol. The largest absolute Gasteiger partial charge is 0.396 e. The molecule has 2 heteroatoms. The van der Waals surface area contributed by atoms with Gasteiger partial charge in [-0.2, -0.15) is 0 Å². The minimum atomic E-state index is 0.00935. The Bertz CT molecular complexity index is 397. The number of aliphatic hydroxyl groups excluding tert-OH is 1. The van der Waals surface area contributed by atoms with E-state index < -0.39 is 0 Å². The molecule has 0 aliphatic carbocycles. The third-order valence-corrected chi connectivity index (χ3v) is 3.53. The van der Waals surface area contributed by atoms with Gasteiger partial charge < -0.3 is 9.84 Å². The Morgan fingerprint density at radius 1 is 1.20 bits per heavy atom. The van der Waals surface area contributed by atoms with E-state index >= 15 is 0 Å². The zero-order valence-corrected chi connectivity index (χ0v) is 13.2. The van der Waals surface area contributed by atoms with E-state index in [-0.39, 0.29) is 24.7 Å². The fourth-order valence-electron chi connectivity index (χ4n) is 2.47. The third-order valence-electron chi connectivity index (χ3n) is 3.53. The van der Waals surface area contributed by atoms with Crippen LogP contribution < -0.4 is 0 Å². The Hall–Kier alpha value is -1.12. The molecule has 0 aromatic heterocycles. The van der Waals surface area contributed by atoms with Gasteiger partial charge in [-0.3, -0.25) is 0 Å². The molecule has 1 N–H and O–H groups in total. The highest BCUT2D eigenvalue weighted by molar-refractivity contribution is 5.19. The van der Waals surface area contributed by atoms with Crippen molar-refractivity contribution in [3.63, 3.8) is 0 Å². The molecule has 112 valence electrons. The van der Waals surface area contributed by atoms with Crippen molar-refractivity contribution < 1.29 is 9.84 Å². The summed E-state index contributed by atoms with van der Waals surface area (Å²) in [6.45, 7) is 12.5. The maximum absolute atomic E-state index is 9.42. The standard InChI is InChI=1S/C18H28O2/c1-13(2)11-17(16-9-7-6-8-10-16)20-18(14(3)4)15(5)12-19/h6-10,14-15,17-19H,1,11-12H2,2-5H3/t15-,17+,18-/m1/s1. The molecule has 0 spiro atoms. The van der Waals surface area contributed by atoms with Crippen LogP contribution in [0.4, 0.5) is 0 Å². The second-order valence-corrected chi connectivity index (χ2v) is 6.07. The lowest BCUT2D eigenvalue weighted by Gasteiger charge is -2.31. The van der Waals surface area contributed by atoms with E-state index in [2.05, 4.69) is 32.6 Å². The molecule has 0 aliphatic rings. The molecule has 0 unspecified atom stereocenters. The van der Waals surface area contributed by atoms with Crippen molar-refractivity contribution in [2.24, 2.45) is 11.8 Å². The van der Waals surface area contributed by atoms with Crippen molar-refractivity contribution in [1.29, 1.82) is 0 Å². The molecule has 0 radical (unpaired) electrons. The lowest BCUT2D eigenvalue weighted by molar-refractivity contribution is -0.0743. The molecule has 0 saturated heterocycles. The van der Waals surface area contributed by atoms with Crippen LogP contribution in [0.5, 0.6) is 0 Å². The van der Waals surface area contributed by atoms with Crippen molar-refractivity contribution in [2.75, 3.05) is 6.61 Å². The van der Waals surface area contributed by atoms with Gasteiger partial charge in [0.1, 0.15) is 0 Å². The Morgan fingerprint density at radius 3 is 2.25 bits per heavy atom. The molecule has 3 atom stereocenters. The van der Waals surface area contributed by atoms with E-state index in [0.717, 1.165) is 12.0 Å². The van der Waals surface area contributed by atoms with Crippen molar-refractivity contribution in [1.82, 2.24) is 0 Å².